The van der Waals surface area contributed by atoms with Crippen LogP contribution in [0.2, 0.25) is 0 Å². The fourth-order valence-corrected chi connectivity index (χ4v) is 2.16. The highest BCUT2D eigenvalue weighted by atomic mass is 16.5. The maximum Gasteiger partial charge on any atom is 0.0713 e. The van der Waals surface area contributed by atoms with Crippen LogP contribution in [-0.2, 0) is 17.8 Å². The standard InChI is InChI=1S/C13H19NO/c1-15-10-12-4-2-11(3-5-12)8-13-6-7-14-9-13/h2-5,13-14H,6-10H2,1H3. The van der Waals surface area contributed by atoms with Crippen molar-refractivity contribution in [2.24, 2.45) is 5.92 Å². The third kappa shape index (κ3) is 3.05. The van der Waals surface area contributed by atoms with Crippen LogP contribution >= 0.6 is 0 Å². The van der Waals surface area contributed by atoms with E-state index in [1.54, 1.807) is 7.11 Å². The van der Waals surface area contributed by atoms with Crippen molar-refractivity contribution >= 4 is 0 Å². The summed E-state index contributed by atoms with van der Waals surface area (Å²) in [7, 11) is 1.73. The monoisotopic (exact) mass is 205 g/mol. The average Bonchev–Trinajstić information content (AvgIpc) is 2.74. The van der Waals surface area contributed by atoms with E-state index in [9.17, 15) is 0 Å². The average molecular weight is 205 g/mol. The van der Waals surface area contributed by atoms with Crippen molar-refractivity contribution in [2.45, 2.75) is 19.4 Å². The summed E-state index contributed by atoms with van der Waals surface area (Å²) in [6.07, 6.45) is 2.53. The molecule has 0 radical (unpaired) electrons. The quantitative estimate of drug-likeness (QED) is 0.811. The van der Waals surface area contributed by atoms with Crippen molar-refractivity contribution in [1.82, 2.24) is 5.32 Å². The van der Waals surface area contributed by atoms with Crippen LogP contribution in [0.4, 0.5) is 0 Å². The molecule has 0 spiro atoms. The van der Waals surface area contributed by atoms with Gasteiger partial charge in [0.15, 0.2) is 0 Å². The number of ether oxygens (including phenoxy) is 1. The second-order valence-corrected chi connectivity index (χ2v) is 4.31. The van der Waals surface area contributed by atoms with Gasteiger partial charge in [-0.15, -0.1) is 0 Å². The normalized spacial score (nSPS) is 20.7. The Morgan fingerprint density at radius 1 is 1.27 bits per heavy atom. The summed E-state index contributed by atoms with van der Waals surface area (Å²) in [4.78, 5) is 0. The van der Waals surface area contributed by atoms with Crippen LogP contribution < -0.4 is 5.32 Å². The van der Waals surface area contributed by atoms with Gasteiger partial charge < -0.3 is 10.1 Å². The Morgan fingerprint density at radius 3 is 2.60 bits per heavy atom. The molecule has 1 heterocycles. The maximum atomic E-state index is 5.09. The van der Waals surface area contributed by atoms with Crippen LogP contribution in [0.1, 0.15) is 17.5 Å². The molecule has 1 aliphatic heterocycles. The van der Waals surface area contributed by atoms with Gasteiger partial charge in [-0.05, 0) is 43.0 Å². The van der Waals surface area contributed by atoms with Crippen molar-refractivity contribution in [3.05, 3.63) is 35.4 Å². The van der Waals surface area contributed by atoms with E-state index in [4.69, 9.17) is 4.74 Å². The summed E-state index contributed by atoms with van der Waals surface area (Å²) in [6, 6.07) is 8.79. The Kier molecular flexibility index (Phi) is 3.75. The molecule has 2 rings (SSSR count). The molecule has 0 amide bonds. The van der Waals surface area contributed by atoms with Crippen LogP contribution in [0.3, 0.4) is 0 Å². The molecule has 82 valence electrons. The Morgan fingerprint density at radius 2 is 2.00 bits per heavy atom. The van der Waals surface area contributed by atoms with E-state index in [1.807, 2.05) is 0 Å². The Hall–Kier alpha value is -0.860. The molecule has 0 aliphatic carbocycles. The fraction of sp³-hybridized carbons (Fsp3) is 0.538. The molecule has 0 bridgehead atoms. The van der Waals surface area contributed by atoms with Crippen LogP contribution in [0, 0.1) is 5.92 Å². The third-order valence-electron chi connectivity index (χ3n) is 3.02. The van der Waals surface area contributed by atoms with E-state index in [0.717, 1.165) is 5.92 Å². The topological polar surface area (TPSA) is 21.3 Å². The minimum absolute atomic E-state index is 0.714. The summed E-state index contributed by atoms with van der Waals surface area (Å²) in [5, 5.41) is 3.40. The lowest BCUT2D eigenvalue weighted by atomic mass is 9.98. The first kappa shape index (κ1) is 10.7. The molecule has 2 heteroatoms. The molecule has 1 unspecified atom stereocenters. The molecule has 2 nitrogen and oxygen atoms in total. The van der Waals surface area contributed by atoms with Gasteiger partial charge in [-0.3, -0.25) is 0 Å². The summed E-state index contributed by atoms with van der Waals surface area (Å²) < 4.78 is 5.09. The second kappa shape index (κ2) is 5.29. The van der Waals surface area contributed by atoms with Gasteiger partial charge in [0.1, 0.15) is 0 Å². The largest absolute Gasteiger partial charge is 0.380 e. The fourth-order valence-electron chi connectivity index (χ4n) is 2.16. The number of benzene rings is 1. The highest BCUT2D eigenvalue weighted by Crippen LogP contribution is 2.15. The van der Waals surface area contributed by atoms with E-state index in [2.05, 4.69) is 29.6 Å². The predicted octanol–water partition coefficient (Wildman–Crippen LogP) is 1.98. The van der Waals surface area contributed by atoms with Gasteiger partial charge in [0.05, 0.1) is 6.61 Å². The van der Waals surface area contributed by atoms with Gasteiger partial charge in [0.2, 0.25) is 0 Å². The van der Waals surface area contributed by atoms with Gasteiger partial charge in [-0.1, -0.05) is 24.3 Å². The molecule has 1 N–H and O–H groups in total. The molecular weight excluding hydrogens is 186 g/mol. The smallest absolute Gasteiger partial charge is 0.0713 e. The number of nitrogens with one attached hydrogen (secondary N) is 1. The summed E-state index contributed by atoms with van der Waals surface area (Å²) in [5.41, 5.74) is 2.70. The van der Waals surface area contributed by atoms with Crippen LogP contribution in [0.15, 0.2) is 24.3 Å². The Bertz CT molecular complexity index is 288. The van der Waals surface area contributed by atoms with Crippen LogP contribution in [0.25, 0.3) is 0 Å². The Balaban J connectivity index is 1.91. The van der Waals surface area contributed by atoms with Gasteiger partial charge in [-0.2, -0.15) is 0 Å². The first-order chi connectivity index (χ1) is 7.38. The minimum atomic E-state index is 0.714. The number of hydrogen-bond donors (Lipinski definition) is 1. The summed E-state index contributed by atoms with van der Waals surface area (Å²) in [6.45, 7) is 3.08. The second-order valence-electron chi connectivity index (χ2n) is 4.31. The summed E-state index contributed by atoms with van der Waals surface area (Å²) >= 11 is 0. The first-order valence-corrected chi connectivity index (χ1v) is 5.66. The molecule has 1 saturated heterocycles. The molecule has 1 aliphatic rings. The molecular formula is C13H19NO. The lowest BCUT2D eigenvalue weighted by Crippen LogP contribution is -2.10. The van der Waals surface area contributed by atoms with Crippen molar-refractivity contribution in [3.63, 3.8) is 0 Å². The van der Waals surface area contributed by atoms with Gasteiger partial charge in [0, 0.05) is 7.11 Å². The lowest BCUT2D eigenvalue weighted by molar-refractivity contribution is 0.185. The van der Waals surface area contributed by atoms with Crippen molar-refractivity contribution in [2.75, 3.05) is 20.2 Å². The van der Waals surface area contributed by atoms with E-state index in [1.165, 1.54) is 37.1 Å². The number of methoxy groups -OCH3 is 1. The highest BCUT2D eigenvalue weighted by Gasteiger charge is 2.14. The van der Waals surface area contributed by atoms with Crippen LogP contribution in [-0.4, -0.2) is 20.2 Å². The van der Waals surface area contributed by atoms with E-state index in [-0.39, 0.29) is 0 Å². The highest BCUT2D eigenvalue weighted by molar-refractivity contribution is 5.22. The van der Waals surface area contributed by atoms with Gasteiger partial charge in [-0.25, -0.2) is 0 Å². The SMILES string of the molecule is COCc1ccc(CC2CCNC2)cc1. The Labute approximate surface area is 91.6 Å². The zero-order valence-corrected chi connectivity index (χ0v) is 9.33. The first-order valence-electron chi connectivity index (χ1n) is 5.66. The lowest BCUT2D eigenvalue weighted by Gasteiger charge is -2.08. The van der Waals surface area contributed by atoms with Crippen molar-refractivity contribution in [3.8, 4) is 0 Å². The molecule has 15 heavy (non-hydrogen) atoms. The van der Waals surface area contributed by atoms with E-state index < -0.39 is 0 Å². The molecule has 1 aromatic rings. The minimum Gasteiger partial charge on any atom is -0.380 e. The number of hydrogen-bond acceptors (Lipinski definition) is 2. The van der Waals surface area contributed by atoms with E-state index >= 15 is 0 Å². The predicted molar refractivity (Wildman–Crippen MR) is 61.8 cm³/mol. The molecule has 1 fully saturated rings. The zero-order valence-electron chi connectivity index (χ0n) is 9.33. The number of rotatable bonds is 4. The molecule has 1 aromatic carbocycles. The molecule has 0 saturated carbocycles. The maximum absolute atomic E-state index is 5.09. The van der Waals surface area contributed by atoms with Crippen LogP contribution in [0.5, 0.6) is 0 Å². The van der Waals surface area contributed by atoms with Gasteiger partial charge in [0.25, 0.3) is 0 Å². The van der Waals surface area contributed by atoms with Crippen molar-refractivity contribution in [1.29, 1.82) is 0 Å². The third-order valence-corrected chi connectivity index (χ3v) is 3.02. The summed E-state index contributed by atoms with van der Waals surface area (Å²) in [5.74, 6) is 0.832. The zero-order chi connectivity index (χ0) is 10.5. The van der Waals surface area contributed by atoms with Crippen molar-refractivity contribution < 1.29 is 4.74 Å². The van der Waals surface area contributed by atoms with E-state index in [0.29, 0.717) is 6.61 Å². The molecule has 0 aromatic heterocycles. The van der Waals surface area contributed by atoms with Gasteiger partial charge >= 0.3 is 0 Å². The molecule has 1 atom stereocenters.